The quantitative estimate of drug-likeness (QED) is 0.736. The van der Waals surface area contributed by atoms with Gasteiger partial charge >= 0.3 is 0 Å². The molecule has 0 unspecified atom stereocenters. The molecule has 3 aromatic rings. The number of aromatic nitrogens is 2. The normalized spacial score (nSPS) is 19.1. The Kier molecular flexibility index (Phi) is 4.47. The Hall–Kier alpha value is -1.57. The van der Waals surface area contributed by atoms with E-state index in [9.17, 15) is 4.79 Å². The van der Waals surface area contributed by atoms with Gasteiger partial charge in [-0.2, -0.15) is 0 Å². The largest absolute Gasteiger partial charge is 0.464 e. The van der Waals surface area contributed by atoms with Gasteiger partial charge in [-0.3, -0.25) is 4.79 Å². The van der Waals surface area contributed by atoms with Gasteiger partial charge in [-0.15, -0.1) is 23.1 Å². The fraction of sp³-hybridized carbons (Fsp3) is 0.412. The number of ether oxygens (including phenoxy) is 1. The molecule has 3 aromatic heterocycles. The SMILES string of the molecule is C[C@H](SC[C@H]1CCCO1)c1nc2scc(-c3ccco3)c2c(=O)[nH]1. The molecule has 0 spiro atoms. The van der Waals surface area contributed by atoms with Crippen LogP contribution in [0.3, 0.4) is 0 Å². The van der Waals surface area contributed by atoms with Crippen LogP contribution in [0.25, 0.3) is 21.5 Å². The molecule has 1 fully saturated rings. The first-order valence-electron chi connectivity index (χ1n) is 8.01. The molecule has 0 bridgehead atoms. The van der Waals surface area contributed by atoms with Crippen molar-refractivity contribution in [2.75, 3.05) is 12.4 Å². The molecule has 0 radical (unpaired) electrons. The number of nitrogens with one attached hydrogen (secondary N) is 1. The molecular weight excluding hydrogens is 344 g/mol. The zero-order valence-electron chi connectivity index (χ0n) is 13.3. The number of aromatic amines is 1. The number of rotatable bonds is 5. The average Bonchev–Trinajstić information content (AvgIpc) is 3.31. The summed E-state index contributed by atoms with van der Waals surface area (Å²) in [7, 11) is 0. The van der Waals surface area contributed by atoms with Crippen LogP contribution in [-0.2, 0) is 4.74 Å². The standard InChI is InChI=1S/C17H18N2O3S2/c1-10(23-8-11-4-2-6-21-11)15-18-16(20)14-12(9-24-17(14)19-15)13-5-3-7-22-13/h3,5,7,9-11H,2,4,6,8H2,1H3,(H,18,19,20)/t10-,11+/m0/s1. The van der Waals surface area contributed by atoms with Crippen LogP contribution in [-0.4, -0.2) is 28.4 Å². The van der Waals surface area contributed by atoms with Crippen molar-refractivity contribution in [2.45, 2.75) is 31.1 Å². The summed E-state index contributed by atoms with van der Waals surface area (Å²) in [4.78, 5) is 21.0. The van der Waals surface area contributed by atoms with Crippen molar-refractivity contribution in [2.24, 2.45) is 0 Å². The van der Waals surface area contributed by atoms with E-state index in [0.29, 0.717) is 17.3 Å². The van der Waals surface area contributed by atoms with Gasteiger partial charge in [0.05, 0.1) is 23.0 Å². The molecule has 0 amide bonds. The molecule has 7 heteroatoms. The first kappa shape index (κ1) is 15.9. The fourth-order valence-corrected chi connectivity index (χ4v) is 4.85. The van der Waals surface area contributed by atoms with Crippen LogP contribution < -0.4 is 5.56 Å². The monoisotopic (exact) mass is 362 g/mol. The Morgan fingerprint density at radius 2 is 2.46 bits per heavy atom. The number of fused-ring (bicyclic) bond motifs is 1. The van der Waals surface area contributed by atoms with E-state index in [4.69, 9.17) is 9.15 Å². The van der Waals surface area contributed by atoms with Crippen molar-refractivity contribution >= 4 is 33.3 Å². The van der Waals surface area contributed by atoms with Gasteiger partial charge in [-0.25, -0.2) is 4.98 Å². The molecule has 1 saturated heterocycles. The predicted octanol–water partition coefficient (Wildman–Crippen LogP) is 4.22. The van der Waals surface area contributed by atoms with E-state index in [-0.39, 0.29) is 10.8 Å². The van der Waals surface area contributed by atoms with Crippen LogP contribution in [0, 0.1) is 0 Å². The third-order valence-corrected chi connectivity index (χ3v) is 6.35. The second kappa shape index (κ2) is 6.74. The van der Waals surface area contributed by atoms with Gasteiger partial charge in [0.25, 0.3) is 5.56 Å². The summed E-state index contributed by atoms with van der Waals surface area (Å²) >= 11 is 3.25. The van der Waals surface area contributed by atoms with Gasteiger partial charge in [0, 0.05) is 23.3 Å². The number of hydrogen-bond acceptors (Lipinski definition) is 6. The minimum atomic E-state index is -0.104. The van der Waals surface area contributed by atoms with Crippen molar-refractivity contribution in [3.05, 3.63) is 40.0 Å². The highest BCUT2D eigenvalue weighted by Crippen LogP contribution is 2.33. The molecule has 0 saturated carbocycles. The molecule has 1 aliphatic rings. The van der Waals surface area contributed by atoms with Crippen molar-refractivity contribution in [1.82, 2.24) is 9.97 Å². The van der Waals surface area contributed by atoms with Crippen LogP contribution >= 0.6 is 23.1 Å². The molecular formula is C17H18N2O3S2. The number of H-pyrrole nitrogens is 1. The summed E-state index contributed by atoms with van der Waals surface area (Å²) in [6.07, 6.45) is 4.21. The summed E-state index contributed by atoms with van der Waals surface area (Å²) in [5.74, 6) is 2.36. The molecule has 5 nitrogen and oxygen atoms in total. The van der Waals surface area contributed by atoms with Crippen molar-refractivity contribution < 1.29 is 9.15 Å². The maximum absolute atomic E-state index is 12.6. The lowest BCUT2D eigenvalue weighted by atomic mass is 10.2. The van der Waals surface area contributed by atoms with Crippen LogP contribution in [0.2, 0.25) is 0 Å². The van der Waals surface area contributed by atoms with Gasteiger partial charge < -0.3 is 14.1 Å². The summed E-state index contributed by atoms with van der Waals surface area (Å²) < 4.78 is 11.1. The lowest BCUT2D eigenvalue weighted by molar-refractivity contribution is 0.129. The van der Waals surface area contributed by atoms with Gasteiger partial charge in [-0.05, 0) is 31.9 Å². The smallest absolute Gasteiger partial charge is 0.260 e. The topological polar surface area (TPSA) is 68.1 Å². The predicted molar refractivity (Wildman–Crippen MR) is 97.8 cm³/mol. The molecule has 1 N–H and O–H groups in total. The van der Waals surface area contributed by atoms with Crippen LogP contribution in [0.5, 0.6) is 0 Å². The lowest BCUT2D eigenvalue weighted by Gasteiger charge is -2.13. The second-order valence-electron chi connectivity index (χ2n) is 5.87. The lowest BCUT2D eigenvalue weighted by Crippen LogP contribution is -2.14. The Balaban J connectivity index is 1.60. The second-order valence-corrected chi connectivity index (χ2v) is 8.10. The zero-order valence-corrected chi connectivity index (χ0v) is 14.9. The molecule has 24 heavy (non-hydrogen) atoms. The van der Waals surface area contributed by atoms with Crippen molar-refractivity contribution in [1.29, 1.82) is 0 Å². The molecule has 2 atom stereocenters. The highest BCUT2D eigenvalue weighted by atomic mass is 32.2. The minimum absolute atomic E-state index is 0.104. The summed E-state index contributed by atoms with van der Waals surface area (Å²) in [6.45, 7) is 2.94. The van der Waals surface area contributed by atoms with E-state index in [1.165, 1.54) is 11.3 Å². The van der Waals surface area contributed by atoms with E-state index in [1.807, 2.05) is 17.5 Å². The third-order valence-electron chi connectivity index (χ3n) is 4.19. The first-order chi connectivity index (χ1) is 11.7. The molecule has 126 valence electrons. The fourth-order valence-electron chi connectivity index (χ4n) is 2.88. The van der Waals surface area contributed by atoms with Crippen LogP contribution in [0.15, 0.2) is 33.0 Å². The van der Waals surface area contributed by atoms with Gasteiger partial charge in [0.15, 0.2) is 0 Å². The van der Waals surface area contributed by atoms with Crippen molar-refractivity contribution in [3.63, 3.8) is 0 Å². The summed E-state index contributed by atoms with van der Waals surface area (Å²) in [5.41, 5.74) is 0.701. The number of thioether (sulfide) groups is 1. The van der Waals surface area contributed by atoms with Crippen LogP contribution in [0.4, 0.5) is 0 Å². The molecule has 0 aliphatic carbocycles. The third kappa shape index (κ3) is 3.03. The number of hydrogen-bond donors (Lipinski definition) is 1. The maximum Gasteiger partial charge on any atom is 0.260 e. The Morgan fingerprint density at radius 3 is 3.21 bits per heavy atom. The summed E-state index contributed by atoms with van der Waals surface area (Å²) in [6, 6.07) is 3.67. The van der Waals surface area contributed by atoms with Gasteiger partial charge in [0.1, 0.15) is 16.4 Å². The Bertz CT molecular complexity index is 879. The molecule has 0 aromatic carbocycles. The highest BCUT2D eigenvalue weighted by molar-refractivity contribution is 7.99. The van der Waals surface area contributed by atoms with E-state index < -0.39 is 0 Å². The van der Waals surface area contributed by atoms with E-state index in [1.54, 1.807) is 18.0 Å². The maximum atomic E-state index is 12.6. The van der Waals surface area contributed by atoms with Crippen LogP contribution in [0.1, 0.15) is 30.8 Å². The number of thiophene rings is 1. The Morgan fingerprint density at radius 1 is 1.54 bits per heavy atom. The number of nitrogens with zero attached hydrogens (tertiary/aromatic N) is 1. The van der Waals surface area contributed by atoms with E-state index in [2.05, 4.69) is 16.9 Å². The number of furan rings is 1. The molecule has 4 rings (SSSR count). The molecule has 4 heterocycles. The summed E-state index contributed by atoms with van der Waals surface area (Å²) in [5, 5.41) is 2.66. The van der Waals surface area contributed by atoms with Crippen molar-refractivity contribution in [3.8, 4) is 11.3 Å². The van der Waals surface area contributed by atoms with Gasteiger partial charge in [0.2, 0.25) is 0 Å². The molecule has 1 aliphatic heterocycles. The zero-order chi connectivity index (χ0) is 16.5. The van der Waals surface area contributed by atoms with E-state index in [0.717, 1.165) is 41.4 Å². The first-order valence-corrected chi connectivity index (χ1v) is 9.93. The minimum Gasteiger partial charge on any atom is -0.464 e. The van der Waals surface area contributed by atoms with E-state index >= 15 is 0 Å². The highest BCUT2D eigenvalue weighted by Gasteiger charge is 2.20. The Labute approximate surface area is 147 Å². The van der Waals surface area contributed by atoms with Gasteiger partial charge in [-0.1, -0.05) is 0 Å². The average molecular weight is 362 g/mol.